The van der Waals surface area contributed by atoms with Gasteiger partial charge in [0.2, 0.25) is 5.13 Å². The van der Waals surface area contributed by atoms with Gasteiger partial charge in [0.15, 0.2) is 0 Å². The van der Waals surface area contributed by atoms with Gasteiger partial charge >= 0.3 is 0 Å². The molecule has 2 rings (SSSR count). The van der Waals surface area contributed by atoms with Crippen LogP contribution in [0.1, 0.15) is 15.4 Å². The number of aromatic nitrogens is 3. The fourth-order valence-electron chi connectivity index (χ4n) is 1.02. The van der Waals surface area contributed by atoms with Crippen molar-refractivity contribution in [2.75, 3.05) is 5.32 Å². The molecule has 0 aliphatic rings. The van der Waals surface area contributed by atoms with Gasteiger partial charge in [0.05, 0.1) is 0 Å². The van der Waals surface area contributed by atoms with Crippen molar-refractivity contribution >= 4 is 22.4 Å². The summed E-state index contributed by atoms with van der Waals surface area (Å²) in [6.45, 7) is 1.83. The van der Waals surface area contributed by atoms with Crippen LogP contribution in [-0.2, 0) is 0 Å². The number of rotatable bonds is 2. The summed E-state index contributed by atoms with van der Waals surface area (Å²) in [6, 6.07) is 3.28. The predicted molar refractivity (Wildman–Crippen MR) is 56.8 cm³/mol. The Morgan fingerprint density at radius 3 is 2.67 bits per heavy atom. The second-order valence-electron chi connectivity index (χ2n) is 2.82. The Bertz CT molecular complexity index is 468. The topological polar surface area (TPSA) is 67.8 Å². The Kier molecular flexibility index (Phi) is 2.68. The number of amides is 1. The van der Waals surface area contributed by atoms with E-state index in [1.807, 2.05) is 6.92 Å². The van der Waals surface area contributed by atoms with Crippen molar-refractivity contribution < 1.29 is 4.79 Å². The van der Waals surface area contributed by atoms with Crippen LogP contribution < -0.4 is 5.32 Å². The average molecular weight is 220 g/mol. The molecule has 0 saturated heterocycles. The zero-order chi connectivity index (χ0) is 10.7. The van der Waals surface area contributed by atoms with Gasteiger partial charge in [-0.05, 0) is 19.1 Å². The second-order valence-corrected chi connectivity index (χ2v) is 4.00. The monoisotopic (exact) mass is 220 g/mol. The fourth-order valence-corrected chi connectivity index (χ4v) is 1.61. The van der Waals surface area contributed by atoms with E-state index in [0.29, 0.717) is 10.7 Å². The minimum absolute atomic E-state index is 0.200. The van der Waals surface area contributed by atoms with Gasteiger partial charge in [0.25, 0.3) is 5.91 Å². The third-order valence-corrected chi connectivity index (χ3v) is 2.44. The van der Waals surface area contributed by atoms with E-state index in [2.05, 4.69) is 20.5 Å². The van der Waals surface area contributed by atoms with E-state index < -0.39 is 0 Å². The first-order valence-corrected chi connectivity index (χ1v) is 5.09. The molecule has 0 fully saturated rings. The standard InChI is InChI=1S/C9H8N4OS/c1-6-12-13-9(15-6)11-8(14)7-2-4-10-5-3-7/h2-5H,1H3,(H,11,13,14). The summed E-state index contributed by atoms with van der Waals surface area (Å²) in [5.74, 6) is -0.200. The lowest BCUT2D eigenvalue weighted by atomic mass is 10.2. The molecule has 0 aliphatic heterocycles. The summed E-state index contributed by atoms with van der Waals surface area (Å²) in [5.41, 5.74) is 0.554. The Morgan fingerprint density at radius 2 is 2.07 bits per heavy atom. The summed E-state index contributed by atoms with van der Waals surface area (Å²) in [7, 11) is 0. The molecule has 2 heterocycles. The first-order chi connectivity index (χ1) is 7.25. The summed E-state index contributed by atoms with van der Waals surface area (Å²) in [5, 5.41) is 11.6. The van der Waals surface area contributed by atoms with Crippen molar-refractivity contribution in [1.82, 2.24) is 15.2 Å². The quantitative estimate of drug-likeness (QED) is 0.832. The number of pyridine rings is 1. The van der Waals surface area contributed by atoms with Gasteiger partial charge in [-0.15, -0.1) is 10.2 Å². The Labute approximate surface area is 90.2 Å². The van der Waals surface area contributed by atoms with E-state index in [0.717, 1.165) is 5.01 Å². The molecule has 0 atom stereocenters. The highest BCUT2D eigenvalue weighted by molar-refractivity contribution is 7.15. The Morgan fingerprint density at radius 1 is 1.33 bits per heavy atom. The number of nitrogens with one attached hydrogen (secondary N) is 1. The van der Waals surface area contributed by atoms with Gasteiger partial charge in [-0.3, -0.25) is 15.1 Å². The number of hydrogen-bond acceptors (Lipinski definition) is 5. The predicted octanol–water partition coefficient (Wildman–Crippen LogP) is 1.49. The average Bonchev–Trinajstić information content (AvgIpc) is 2.65. The normalized spacial score (nSPS) is 9.93. The summed E-state index contributed by atoms with van der Waals surface area (Å²) in [4.78, 5) is 15.5. The lowest BCUT2D eigenvalue weighted by Gasteiger charge is -1.99. The molecule has 6 heteroatoms. The summed E-state index contributed by atoms with van der Waals surface area (Å²) < 4.78 is 0. The molecule has 0 aliphatic carbocycles. The molecule has 0 spiro atoms. The van der Waals surface area contributed by atoms with Crippen molar-refractivity contribution in [3.05, 3.63) is 35.1 Å². The maximum Gasteiger partial charge on any atom is 0.257 e. The number of carbonyl (C=O) groups excluding carboxylic acids is 1. The minimum atomic E-state index is -0.200. The van der Waals surface area contributed by atoms with E-state index in [4.69, 9.17) is 0 Å². The zero-order valence-electron chi connectivity index (χ0n) is 7.97. The summed E-state index contributed by atoms with van der Waals surface area (Å²) in [6.07, 6.45) is 3.14. The van der Waals surface area contributed by atoms with Crippen LogP contribution in [0.5, 0.6) is 0 Å². The molecule has 1 N–H and O–H groups in total. The number of carbonyl (C=O) groups is 1. The van der Waals surface area contributed by atoms with Crippen LogP contribution in [0.2, 0.25) is 0 Å². The van der Waals surface area contributed by atoms with E-state index >= 15 is 0 Å². The minimum Gasteiger partial charge on any atom is -0.296 e. The van der Waals surface area contributed by atoms with Crippen LogP contribution in [0.3, 0.4) is 0 Å². The smallest absolute Gasteiger partial charge is 0.257 e. The van der Waals surface area contributed by atoms with Gasteiger partial charge < -0.3 is 0 Å². The highest BCUT2D eigenvalue weighted by atomic mass is 32.1. The number of hydrogen-bond donors (Lipinski definition) is 1. The first kappa shape index (κ1) is 9.72. The highest BCUT2D eigenvalue weighted by Crippen LogP contribution is 2.14. The molecule has 2 aromatic rings. The molecule has 5 nitrogen and oxygen atoms in total. The van der Waals surface area contributed by atoms with Gasteiger partial charge in [-0.2, -0.15) is 0 Å². The van der Waals surface area contributed by atoms with Crippen molar-refractivity contribution in [3.63, 3.8) is 0 Å². The van der Waals surface area contributed by atoms with Crippen LogP contribution >= 0.6 is 11.3 Å². The number of nitrogens with zero attached hydrogens (tertiary/aromatic N) is 3. The molecule has 0 bridgehead atoms. The molecule has 15 heavy (non-hydrogen) atoms. The van der Waals surface area contributed by atoms with E-state index in [-0.39, 0.29) is 5.91 Å². The van der Waals surface area contributed by atoms with Gasteiger partial charge in [-0.25, -0.2) is 0 Å². The highest BCUT2D eigenvalue weighted by Gasteiger charge is 2.07. The largest absolute Gasteiger partial charge is 0.296 e. The molecule has 0 aromatic carbocycles. The second kappa shape index (κ2) is 4.14. The SMILES string of the molecule is Cc1nnc(NC(=O)c2ccncc2)s1. The van der Waals surface area contributed by atoms with Crippen molar-refractivity contribution in [2.45, 2.75) is 6.92 Å². The lowest BCUT2D eigenvalue weighted by Crippen LogP contribution is -2.11. The van der Waals surface area contributed by atoms with E-state index in [1.165, 1.54) is 11.3 Å². The molecule has 0 saturated carbocycles. The molecule has 76 valence electrons. The fraction of sp³-hybridized carbons (Fsp3) is 0.111. The van der Waals surface area contributed by atoms with Crippen molar-refractivity contribution in [2.24, 2.45) is 0 Å². The molecule has 0 radical (unpaired) electrons. The van der Waals surface area contributed by atoms with Gasteiger partial charge in [-0.1, -0.05) is 11.3 Å². The lowest BCUT2D eigenvalue weighted by molar-refractivity contribution is 0.102. The van der Waals surface area contributed by atoms with Crippen molar-refractivity contribution in [3.8, 4) is 0 Å². The van der Waals surface area contributed by atoms with Crippen molar-refractivity contribution in [1.29, 1.82) is 0 Å². The molecule has 1 amide bonds. The Balaban J connectivity index is 2.11. The first-order valence-electron chi connectivity index (χ1n) is 4.27. The molecule has 0 unspecified atom stereocenters. The van der Waals surface area contributed by atoms with Gasteiger partial charge in [0.1, 0.15) is 5.01 Å². The van der Waals surface area contributed by atoms with Gasteiger partial charge in [0, 0.05) is 18.0 Å². The maximum atomic E-state index is 11.6. The van der Waals surface area contributed by atoms with E-state index in [9.17, 15) is 4.79 Å². The Hall–Kier alpha value is -1.82. The third kappa shape index (κ3) is 2.35. The maximum absolute atomic E-state index is 11.6. The van der Waals surface area contributed by atoms with Crippen LogP contribution in [-0.4, -0.2) is 21.1 Å². The van der Waals surface area contributed by atoms with Crippen LogP contribution in [0.4, 0.5) is 5.13 Å². The van der Waals surface area contributed by atoms with Crippen LogP contribution in [0.25, 0.3) is 0 Å². The zero-order valence-corrected chi connectivity index (χ0v) is 8.78. The summed E-state index contributed by atoms with van der Waals surface area (Å²) >= 11 is 1.34. The number of aryl methyl sites for hydroxylation is 1. The molecular formula is C9H8N4OS. The third-order valence-electron chi connectivity index (χ3n) is 1.69. The number of anilines is 1. The van der Waals surface area contributed by atoms with E-state index in [1.54, 1.807) is 24.5 Å². The van der Waals surface area contributed by atoms with Crippen LogP contribution in [0.15, 0.2) is 24.5 Å². The van der Waals surface area contributed by atoms with Crippen LogP contribution in [0, 0.1) is 6.92 Å². The molecule has 2 aromatic heterocycles. The molecular weight excluding hydrogens is 212 g/mol.